The van der Waals surface area contributed by atoms with Crippen LogP contribution in [0.2, 0.25) is 0 Å². The van der Waals surface area contributed by atoms with Gasteiger partial charge >= 0.3 is 0 Å². The Hall–Kier alpha value is -3.64. The number of hydrogen-bond donors (Lipinski definition) is 0. The molecule has 4 rings (SSSR count). The summed E-state index contributed by atoms with van der Waals surface area (Å²) in [6.45, 7) is 0. The highest BCUT2D eigenvalue weighted by Crippen LogP contribution is 2.12. The number of para-hydroxylation sites is 1. The third kappa shape index (κ3) is 4.02. The fraction of sp³-hybridized carbons (Fsp3) is 0. The normalized spacial score (nSPS) is 11.8. The van der Waals surface area contributed by atoms with Gasteiger partial charge in [-0.1, -0.05) is 90.2 Å². The van der Waals surface area contributed by atoms with E-state index in [1.54, 1.807) is 23.0 Å². The SMILES string of the molecule is O=C(c1ccccc1)c1nn(-c2ccccc2)/c(=N/N=C/c2ccccc2)s1. The van der Waals surface area contributed by atoms with Crippen LogP contribution >= 0.6 is 11.3 Å². The molecule has 3 aromatic carbocycles. The maximum atomic E-state index is 12.8. The topological polar surface area (TPSA) is 59.6 Å². The predicted octanol–water partition coefficient (Wildman–Crippen LogP) is 4.10. The van der Waals surface area contributed by atoms with Crippen molar-refractivity contribution in [2.45, 2.75) is 0 Å². The fourth-order valence-corrected chi connectivity index (χ4v) is 3.40. The van der Waals surface area contributed by atoms with Gasteiger partial charge in [0.2, 0.25) is 10.6 Å². The molecule has 0 spiro atoms. The molecule has 6 heteroatoms. The molecule has 0 atom stereocenters. The summed E-state index contributed by atoms with van der Waals surface area (Å²) in [5.74, 6) is -0.135. The molecular weight excluding hydrogens is 368 g/mol. The molecule has 0 amide bonds. The van der Waals surface area contributed by atoms with Crippen molar-refractivity contribution in [3.8, 4) is 5.69 Å². The summed E-state index contributed by atoms with van der Waals surface area (Å²) < 4.78 is 1.64. The lowest BCUT2D eigenvalue weighted by Gasteiger charge is -1.99. The van der Waals surface area contributed by atoms with Crippen LogP contribution in [-0.4, -0.2) is 21.8 Å². The van der Waals surface area contributed by atoms with E-state index in [9.17, 15) is 4.79 Å². The number of carbonyl (C=O) groups excluding carboxylic acids is 1. The third-order valence-corrected chi connectivity index (χ3v) is 4.84. The largest absolute Gasteiger partial charge is 0.286 e. The average Bonchev–Trinajstić information content (AvgIpc) is 3.19. The van der Waals surface area contributed by atoms with E-state index in [-0.39, 0.29) is 5.78 Å². The van der Waals surface area contributed by atoms with Crippen LogP contribution in [0.3, 0.4) is 0 Å². The third-order valence-electron chi connectivity index (χ3n) is 3.94. The lowest BCUT2D eigenvalue weighted by atomic mass is 10.1. The zero-order valence-electron chi connectivity index (χ0n) is 14.8. The standard InChI is InChI=1S/C22H16N4OS/c27-20(18-12-6-2-7-13-18)21-25-26(19-14-8-3-9-15-19)22(28-21)24-23-16-17-10-4-1-5-11-17/h1-16H/b23-16+,24-22-. The van der Waals surface area contributed by atoms with Gasteiger partial charge < -0.3 is 0 Å². The Bertz CT molecular complexity index is 1160. The smallest absolute Gasteiger partial charge is 0.233 e. The highest BCUT2D eigenvalue weighted by molar-refractivity contribution is 7.11. The first-order chi connectivity index (χ1) is 13.8. The molecule has 5 nitrogen and oxygen atoms in total. The number of rotatable bonds is 5. The summed E-state index contributed by atoms with van der Waals surface area (Å²) in [6, 6.07) is 28.4. The lowest BCUT2D eigenvalue weighted by Crippen LogP contribution is -2.14. The fourth-order valence-electron chi connectivity index (χ4n) is 2.57. The summed E-state index contributed by atoms with van der Waals surface area (Å²) in [5, 5.41) is 13.4. The Morgan fingerprint density at radius 3 is 2.14 bits per heavy atom. The van der Waals surface area contributed by atoms with Crippen molar-refractivity contribution in [2.24, 2.45) is 10.2 Å². The van der Waals surface area contributed by atoms with Gasteiger partial charge in [0.1, 0.15) is 0 Å². The van der Waals surface area contributed by atoms with Gasteiger partial charge in [-0.3, -0.25) is 4.79 Å². The van der Waals surface area contributed by atoms with Gasteiger partial charge in [0.15, 0.2) is 5.01 Å². The molecule has 0 bridgehead atoms. The molecule has 1 heterocycles. The Kier molecular flexibility index (Phi) is 5.31. The van der Waals surface area contributed by atoms with Crippen LogP contribution in [0.15, 0.2) is 101 Å². The molecule has 0 radical (unpaired) electrons. The number of aromatic nitrogens is 2. The quantitative estimate of drug-likeness (QED) is 0.295. The summed E-state index contributed by atoms with van der Waals surface area (Å²) in [4.78, 5) is 13.3. The number of carbonyl (C=O) groups is 1. The summed E-state index contributed by atoms with van der Waals surface area (Å²) in [6.07, 6.45) is 1.67. The number of nitrogens with zero attached hydrogens (tertiary/aromatic N) is 4. The molecule has 136 valence electrons. The molecule has 4 aromatic rings. The van der Waals surface area contributed by atoms with Gasteiger partial charge in [-0.05, 0) is 17.7 Å². The van der Waals surface area contributed by atoms with Crippen LogP contribution in [0.4, 0.5) is 0 Å². The van der Waals surface area contributed by atoms with E-state index in [4.69, 9.17) is 0 Å². The maximum Gasteiger partial charge on any atom is 0.233 e. The second-order valence-corrected chi connectivity index (χ2v) is 6.84. The van der Waals surface area contributed by atoms with E-state index in [0.29, 0.717) is 15.4 Å². The summed E-state index contributed by atoms with van der Waals surface area (Å²) in [7, 11) is 0. The van der Waals surface area contributed by atoms with Crippen molar-refractivity contribution >= 4 is 23.3 Å². The molecule has 0 fully saturated rings. The minimum absolute atomic E-state index is 0.135. The van der Waals surface area contributed by atoms with Gasteiger partial charge in [0.05, 0.1) is 11.9 Å². The predicted molar refractivity (Wildman–Crippen MR) is 111 cm³/mol. The molecular formula is C22H16N4OS. The van der Waals surface area contributed by atoms with Crippen molar-refractivity contribution < 1.29 is 4.79 Å². The van der Waals surface area contributed by atoms with E-state index in [1.807, 2.05) is 78.9 Å². The Balaban J connectivity index is 1.76. The van der Waals surface area contributed by atoms with Crippen molar-refractivity contribution in [2.75, 3.05) is 0 Å². The maximum absolute atomic E-state index is 12.8. The van der Waals surface area contributed by atoms with Crippen LogP contribution in [0.25, 0.3) is 5.69 Å². The van der Waals surface area contributed by atoms with E-state index in [0.717, 1.165) is 11.3 Å². The molecule has 0 N–H and O–H groups in total. The highest BCUT2D eigenvalue weighted by atomic mass is 32.1. The zero-order chi connectivity index (χ0) is 19.2. The van der Waals surface area contributed by atoms with Crippen LogP contribution < -0.4 is 4.80 Å². The van der Waals surface area contributed by atoms with E-state index in [1.165, 1.54) is 11.3 Å². The lowest BCUT2D eigenvalue weighted by molar-refractivity contribution is 0.103. The number of ketones is 1. The molecule has 28 heavy (non-hydrogen) atoms. The monoisotopic (exact) mass is 384 g/mol. The Morgan fingerprint density at radius 2 is 1.46 bits per heavy atom. The van der Waals surface area contributed by atoms with Gasteiger partial charge in [-0.15, -0.1) is 5.10 Å². The molecule has 0 aliphatic rings. The van der Waals surface area contributed by atoms with Crippen LogP contribution in [0.5, 0.6) is 0 Å². The van der Waals surface area contributed by atoms with E-state index >= 15 is 0 Å². The van der Waals surface area contributed by atoms with Crippen molar-refractivity contribution in [1.82, 2.24) is 9.78 Å². The summed E-state index contributed by atoms with van der Waals surface area (Å²) >= 11 is 1.21. The van der Waals surface area contributed by atoms with Crippen molar-refractivity contribution in [3.63, 3.8) is 0 Å². The zero-order valence-corrected chi connectivity index (χ0v) is 15.7. The van der Waals surface area contributed by atoms with Gasteiger partial charge in [0, 0.05) is 5.56 Å². The van der Waals surface area contributed by atoms with Crippen molar-refractivity contribution in [3.05, 3.63) is 112 Å². The van der Waals surface area contributed by atoms with Gasteiger partial charge in [-0.25, -0.2) is 4.68 Å². The first kappa shape index (κ1) is 17.8. The molecule has 0 unspecified atom stereocenters. The van der Waals surface area contributed by atoms with Crippen molar-refractivity contribution in [1.29, 1.82) is 0 Å². The van der Waals surface area contributed by atoms with Crippen LogP contribution in [-0.2, 0) is 0 Å². The minimum atomic E-state index is -0.135. The van der Waals surface area contributed by atoms with Crippen LogP contribution in [0, 0.1) is 0 Å². The summed E-state index contributed by atoms with van der Waals surface area (Å²) in [5.41, 5.74) is 2.36. The minimum Gasteiger partial charge on any atom is -0.286 e. The van der Waals surface area contributed by atoms with Gasteiger partial charge in [0.25, 0.3) is 0 Å². The number of benzene rings is 3. The second kappa shape index (κ2) is 8.37. The van der Waals surface area contributed by atoms with Crippen LogP contribution in [0.1, 0.15) is 20.9 Å². The second-order valence-electron chi connectivity index (χ2n) is 5.89. The molecule has 0 aliphatic carbocycles. The molecule has 1 aromatic heterocycles. The Morgan fingerprint density at radius 1 is 0.857 bits per heavy atom. The highest BCUT2D eigenvalue weighted by Gasteiger charge is 2.16. The molecule has 0 saturated heterocycles. The molecule has 0 saturated carbocycles. The van der Waals surface area contributed by atoms with Gasteiger partial charge in [-0.2, -0.15) is 10.2 Å². The first-order valence-electron chi connectivity index (χ1n) is 8.69. The molecule has 0 aliphatic heterocycles. The number of hydrogen-bond acceptors (Lipinski definition) is 5. The van der Waals surface area contributed by atoms with E-state index in [2.05, 4.69) is 15.3 Å². The Labute approximate surface area is 166 Å². The first-order valence-corrected chi connectivity index (χ1v) is 9.50. The average molecular weight is 384 g/mol. The van der Waals surface area contributed by atoms with E-state index < -0.39 is 0 Å².